The zero-order valence-corrected chi connectivity index (χ0v) is 27.8. The van der Waals surface area contributed by atoms with Gasteiger partial charge in [-0.1, -0.05) is 0 Å². The van der Waals surface area contributed by atoms with Crippen molar-refractivity contribution in [2.45, 2.75) is 27.7 Å². The molecule has 0 bridgehead atoms. The average molecular weight is 669 g/mol. The lowest BCUT2D eigenvalue weighted by Crippen LogP contribution is -2.33. The van der Waals surface area contributed by atoms with Gasteiger partial charge in [-0.15, -0.1) is 0 Å². The minimum absolute atomic E-state index is 0.377. The van der Waals surface area contributed by atoms with Gasteiger partial charge in [-0.2, -0.15) is 0 Å². The van der Waals surface area contributed by atoms with Crippen molar-refractivity contribution in [3.63, 3.8) is 0 Å². The van der Waals surface area contributed by atoms with E-state index in [0.29, 0.717) is 34.4 Å². The molecule has 2 heterocycles. The van der Waals surface area contributed by atoms with Crippen molar-refractivity contribution in [1.29, 1.82) is 0 Å². The number of anilines is 8. The Balaban J connectivity index is 1.56. The van der Waals surface area contributed by atoms with Gasteiger partial charge in [0.15, 0.2) is 11.6 Å². The van der Waals surface area contributed by atoms with Crippen LogP contribution in [-0.4, -0.2) is 0 Å². The number of hydrogen-bond acceptors (Lipinski definition) is 4. The number of hydrogen-bond donors (Lipinski definition) is 0. The number of rotatable bonds is 4. The second-order valence-corrected chi connectivity index (χ2v) is 12.7. The molecule has 2 aliphatic heterocycles. The van der Waals surface area contributed by atoms with E-state index >= 15 is 0 Å². The van der Waals surface area contributed by atoms with Crippen molar-refractivity contribution in [2.75, 3.05) is 19.6 Å². The van der Waals surface area contributed by atoms with E-state index in [1.807, 2.05) is 27.7 Å². The summed E-state index contributed by atoms with van der Waals surface area (Å²) in [6.07, 6.45) is 0. The Morgan fingerprint density at radius 3 is 0.660 bits per heavy atom. The minimum atomic E-state index is -0.377. The van der Waals surface area contributed by atoms with Crippen LogP contribution in [0.25, 0.3) is 0 Å². The van der Waals surface area contributed by atoms with Crippen LogP contribution in [0.2, 0.25) is 0 Å². The maximum absolute atomic E-state index is 14.5. The molecular weight excluding hydrogens is 636 g/mol. The van der Waals surface area contributed by atoms with E-state index in [1.165, 1.54) is 48.5 Å². The van der Waals surface area contributed by atoms with E-state index in [-0.39, 0.29) is 23.3 Å². The number of benzene rings is 6. The molecule has 0 aromatic heterocycles. The van der Waals surface area contributed by atoms with E-state index in [0.717, 1.165) is 45.0 Å². The maximum atomic E-state index is 14.5. The fraction of sp³-hybridized carbons (Fsp3) is 0.0952. The van der Waals surface area contributed by atoms with Gasteiger partial charge in [0.05, 0.1) is 22.7 Å². The van der Waals surface area contributed by atoms with Gasteiger partial charge in [0.2, 0.25) is 0 Å². The Bertz CT molecular complexity index is 1970. The SMILES string of the molecule is Cc1cc2c(cc1C)N(c1ccc(F)cc1)C(=C1N(c3ccc(F)cc3)c3cc(C)c(C)cc3N1c1ccc(F)cc1)N2c1ccc(F)cc1. The zero-order valence-electron chi connectivity index (χ0n) is 27.8. The molecule has 0 atom stereocenters. The van der Waals surface area contributed by atoms with Crippen LogP contribution in [0.1, 0.15) is 22.3 Å². The highest BCUT2D eigenvalue weighted by molar-refractivity contribution is 6.00. The lowest BCUT2D eigenvalue weighted by Gasteiger charge is -2.34. The normalized spacial score (nSPS) is 13.8. The van der Waals surface area contributed by atoms with E-state index in [9.17, 15) is 17.6 Å². The molecule has 50 heavy (non-hydrogen) atoms. The first-order chi connectivity index (χ1) is 24.1. The fourth-order valence-electron chi connectivity index (χ4n) is 6.75. The van der Waals surface area contributed by atoms with Gasteiger partial charge >= 0.3 is 0 Å². The molecule has 0 aliphatic carbocycles. The second kappa shape index (κ2) is 11.8. The van der Waals surface area contributed by atoms with Gasteiger partial charge in [-0.05, 0) is 171 Å². The predicted molar refractivity (Wildman–Crippen MR) is 193 cm³/mol. The standard InChI is InChI=1S/C42H32F4N4/c1-25-21-37-38(22-26(25)2)48(34-15-7-30(44)8-16-34)41(47(37)33-13-5-29(43)6-14-33)42-49(35-17-9-31(45)10-18-35)39-23-27(3)28(4)24-40(39)50(42)36-19-11-32(46)12-20-36/h5-24H,1-4H3. The number of nitrogens with zero attached hydrogens (tertiary/aromatic N) is 4. The summed E-state index contributed by atoms with van der Waals surface area (Å²) in [6.45, 7) is 8.16. The number of halogens is 4. The zero-order chi connectivity index (χ0) is 34.8. The molecular formula is C42H32F4N4. The summed E-state index contributed by atoms with van der Waals surface area (Å²) in [5, 5.41) is 0. The van der Waals surface area contributed by atoms with Crippen LogP contribution in [0.4, 0.5) is 63.1 Å². The van der Waals surface area contributed by atoms with E-state index < -0.39 is 0 Å². The van der Waals surface area contributed by atoms with Crippen molar-refractivity contribution in [2.24, 2.45) is 0 Å². The van der Waals surface area contributed by atoms with Crippen LogP contribution >= 0.6 is 0 Å². The van der Waals surface area contributed by atoms with Crippen LogP contribution < -0.4 is 19.6 Å². The summed E-state index contributed by atoms with van der Waals surface area (Å²) in [5.41, 5.74) is 10.2. The molecule has 0 saturated heterocycles. The molecule has 6 aromatic carbocycles. The summed E-state index contributed by atoms with van der Waals surface area (Å²) in [6, 6.07) is 33.6. The van der Waals surface area contributed by atoms with Crippen LogP contribution in [0.5, 0.6) is 0 Å². The molecule has 8 heteroatoms. The molecule has 0 saturated carbocycles. The second-order valence-electron chi connectivity index (χ2n) is 12.7. The Labute approximate surface area is 288 Å². The first-order valence-corrected chi connectivity index (χ1v) is 16.3. The van der Waals surface area contributed by atoms with Gasteiger partial charge in [0.1, 0.15) is 23.3 Å². The van der Waals surface area contributed by atoms with Crippen molar-refractivity contribution in [3.8, 4) is 0 Å². The van der Waals surface area contributed by atoms with Crippen LogP contribution in [-0.2, 0) is 0 Å². The van der Waals surface area contributed by atoms with Crippen LogP contribution in [0, 0.1) is 51.0 Å². The average Bonchev–Trinajstić information content (AvgIpc) is 3.58. The first kappa shape index (κ1) is 31.3. The van der Waals surface area contributed by atoms with Crippen LogP contribution in [0.15, 0.2) is 133 Å². The fourth-order valence-corrected chi connectivity index (χ4v) is 6.75. The third-order valence-electron chi connectivity index (χ3n) is 9.53. The molecule has 0 radical (unpaired) electrons. The molecule has 0 spiro atoms. The summed E-state index contributed by atoms with van der Waals surface area (Å²) in [5.74, 6) is -0.224. The predicted octanol–water partition coefficient (Wildman–Crippen LogP) is 11.9. The van der Waals surface area contributed by atoms with Crippen molar-refractivity contribution in [1.82, 2.24) is 0 Å². The molecule has 6 aromatic rings. The first-order valence-electron chi connectivity index (χ1n) is 16.3. The third-order valence-corrected chi connectivity index (χ3v) is 9.53. The molecule has 0 amide bonds. The Kier molecular flexibility index (Phi) is 7.40. The van der Waals surface area contributed by atoms with E-state index in [1.54, 1.807) is 48.5 Å². The molecule has 2 aliphatic rings. The Hall–Kier alpha value is -6.02. The van der Waals surface area contributed by atoms with Crippen molar-refractivity contribution in [3.05, 3.63) is 178 Å². The third kappa shape index (κ3) is 5.06. The smallest absolute Gasteiger partial charge is 0.166 e. The number of fused-ring (bicyclic) bond motifs is 2. The highest BCUT2D eigenvalue weighted by Crippen LogP contribution is 2.57. The molecule has 0 fully saturated rings. The van der Waals surface area contributed by atoms with Gasteiger partial charge in [-0.3, -0.25) is 19.6 Å². The van der Waals surface area contributed by atoms with E-state index in [2.05, 4.69) is 43.9 Å². The molecule has 4 nitrogen and oxygen atoms in total. The molecule has 8 rings (SSSR count). The summed E-state index contributed by atoms with van der Waals surface area (Å²) >= 11 is 0. The van der Waals surface area contributed by atoms with Gasteiger partial charge in [0, 0.05) is 22.7 Å². The van der Waals surface area contributed by atoms with Gasteiger partial charge in [-0.25, -0.2) is 17.6 Å². The van der Waals surface area contributed by atoms with E-state index in [4.69, 9.17) is 0 Å². The topological polar surface area (TPSA) is 13.0 Å². The molecule has 0 N–H and O–H groups in total. The summed E-state index contributed by atoms with van der Waals surface area (Å²) in [7, 11) is 0. The highest BCUT2D eigenvalue weighted by atomic mass is 19.1. The van der Waals surface area contributed by atoms with Gasteiger partial charge < -0.3 is 0 Å². The minimum Gasteiger partial charge on any atom is -0.291 e. The van der Waals surface area contributed by atoms with Crippen molar-refractivity contribution >= 4 is 45.5 Å². The monoisotopic (exact) mass is 668 g/mol. The maximum Gasteiger partial charge on any atom is 0.166 e. The Morgan fingerprint density at radius 2 is 0.480 bits per heavy atom. The van der Waals surface area contributed by atoms with Crippen molar-refractivity contribution < 1.29 is 17.6 Å². The summed E-state index contributed by atoms with van der Waals surface area (Å²) in [4.78, 5) is 8.27. The molecule has 248 valence electrons. The van der Waals surface area contributed by atoms with Crippen LogP contribution in [0.3, 0.4) is 0 Å². The van der Waals surface area contributed by atoms with Gasteiger partial charge in [0.25, 0.3) is 0 Å². The quantitative estimate of drug-likeness (QED) is 0.173. The lowest BCUT2D eigenvalue weighted by molar-refractivity contribution is 0.627. The summed E-state index contributed by atoms with van der Waals surface area (Å²) < 4.78 is 58.0. The largest absolute Gasteiger partial charge is 0.291 e. The Morgan fingerprint density at radius 1 is 0.300 bits per heavy atom. The lowest BCUT2D eigenvalue weighted by atomic mass is 10.1. The number of aryl methyl sites for hydroxylation is 4. The molecule has 0 unspecified atom stereocenters. The highest BCUT2D eigenvalue weighted by Gasteiger charge is 2.44.